The first-order chi connectivity index (χ1) is 7.70. The Bertz CT molecular complexity index is 217. The molecular formula is C14H28N2. The van der Waals surface area contributed by atoms with E-state index in [2.05, 4.69) is 18.7 Å². The van der Waals surface area contributed by atoms with E-state index >= 15 is 0 Å². The molecule has 0 aromatic rings. The average molecular weight is 224 g/mol. The van der Waals surface area contributed by atoms with Crippen LogP contribution in [0.2, 0.25) is 0 Å². The molecular weight excluding hydrogens is 196 g/mol. The van der Waals surface area contributed by atoms with Crippen LogP contribution in [-0.2, 0) is 0 Å². The van der Waals surface area contributed by atoms with E-state index in [-0.39, 0.29) is 0 Å². The number of piperidine rings is 1. The van der Waals surface area contributed by atoms with Crippen molar-refractivity contribution in [3.63, 3.8) is 0 Å². The van der Waals surface area contributed by atoms with Crippen LogP contribution in [-0.4, -0.2) is 29.6 Å². The molecule has 1 saturated heterocycles. The van der Waals surface area contributed by atoms with Crippen LogP contribution >= 0.6 is 0 Å². The number of hydrogen-bond donors (Lipinski definition) is 1. The number of nitrogens with two attached hydrogens (primary N) is 1. The SMILES string of the molecule is CCC1CCCC(N2CCC(N)CC2C)C1. The van der Waals surface area contributed by atoms with Gasteiger partial charge in [-0.3, -0.25) is 4.90 Å². The lowest BCUT2D eigenvalue weighted by Gasteiger charge is -2.44. The maximum Gasteiger partial charge on any atom is 0.0101 e. The standard InChI is InChI=1S/C14H28N2/c1-3-12-5-4-6-14(10-12)16-8-7-13(15)9-11(16)2/h11-14H,3-10,15H2,1-2H3. The number of likely N-dealkylation sites (tertiary alicyclic amines) is 1. The van der Waals surface area contributed by atoms with Gasteiger partial charge in [0.2, 0.25) is 0 Å². The van der Waals surface area contributed by atoms with E-state index in [4.69, 9.17) is 5.73 Å². The van der Waals surface area contributed by atoms with Gasteiger partial charge >= 0.3 is 0 Å². The average Bonchev–Trinajstić information content (AvgIpc) is 2.29. The van der Waals surface area contributed by atoms with Crippen molar-refractivity contribution < 1.29 is 0 Å². The van der Waals surface area contributed by atoms with Crippen LogP contribution in [0.15, 0.2) is 0 Å². The Balaban J connectivity index is 1.90. The minimum Gasteiger partial charge on any atom is -0.328 e. The van der Waals surface area contributed by atoms with Gasteiger partial charge in [-0.15, -0.1) is 0 Å². The van der Waals surface area contributed by atoms with Gasteiger partial charge < -0.3 is 5.73 Å². The number of rotatable bonds is 2. The molecule has 16 heavy (non-hydrogen) atoms. The third-order valence-corrected chi connectivity index (χ3v) is 4.77. The molecule has 2 nitrogen and oxygen atoms in total. The molecule has 1 aliphatic carbocycles. The Kier molecular flexibility index (Phi) is 4.26. The second-order valence-electron chi connectivity index (χ2n) is 5.97. The Morgan fingerprint density at radius 3 is 2.69 bits per heavy atom. The van der Waals surface area contributed by atoms with E-state index in [1.165, 1.54) is 51.5 Å². The van der Waals surface area contributed by atoms with Crippen molar-refractivity contribution >= 4 is 0 Å². The summed E-state index contributed by atoms with van der Waals surface area (Å²) in [4.78, 5) is 2.76. The molecule has 2 aliphatic rings. The Morgan fingerprint density at radius 2 is 2.00 bits per heavy atom. The van der Waals surface area contributed by atoms with Crippen molar-refractivity contribution in [3.8, 4) is 0 Å². The highest BCUT2D eigenvalue weighted by Gasteiger charge is 2.31. The molecule has 0 bridgehead atoms. The van der Waals surface area contributed by atoms with Gasteiger partial charge in [0.15, 0.2) is 0 Å². The van der Waals surface area contributed by atoms with Gasteiger partial charge in [0.25, 0.3) is 0 Å². The predicted octanol–water partition coefficient (Wildman–Crippen LogP) is 2.77. The van der Waals surface area contributed by atoms with Crippen molar-refractivity contribution in [2.24, 2.45) is 11.7 Å². The molecule has 0 aromatic carbocycles. The zero-order valence-corrected chi connectivity index (χ0v) is 11.0. The Hall–Kier alpha value is -0.0800. The lowest BCUT2D eigenvalue weighted by atomic mass is 9.82. The smallest absolute Gasteiger partial charge is 0.0101 e. The van der Waals surface area contributed by atoms with Crippen molar-refractivity contribution in [2.45, 2.75) is 76.9 Å². The molecule has 2 rings (SSSR count). The summed E-state index contributed by atoms with van der Waals surface area (Å²) in [6.45, 7) is 5.96. The lowest BCUT2D eigenvalue weighted by Crippen LogP contribution is -2.51. The van der Waals surface area contributed by atoms with E-state index in [0.29, 0.717) is 12.1 Å². The summed E-state index contributed by atoms with van der Waals surface area (Å²) in [5.41, 5.74) is 6.04. The number of hydrogen-bond acceptors (Lipinski definition) is 2. The third-order valence-electron chi connectivity index (χ3n) is 4.77. The summed E-state index contributed by atoms with van der Waals surface area (Å²) >= 11 is 0. The van der Waals surface area contributed by atoms with Gasteiger partial charge in [-0.25, -0.2) is 0 Å². The molecule has 1 saturated carbocycles. The zero-order valence-electron chi connectivity index (χ0n) is 11.0. The van der Waals surface area contributed by atoms with Crippen LogP contribution in [0.5, 0.6) is 0 Å². The van der Waals surface area contributed by atoms with Crippen LogP contribution in [0.1, 0.15) is 58.8 Å². The fourth-order valence-corrected chi connectivity index (χ4v) is 3.70. The first-order valence-corrected chi connectivity index (χ1v) is 7.22. The normalized spacial score (nSPS) is 42.2. The quantitative estimate of drug-likeness (QED) is 0.781. The summed E-state index contributed by atoms with van der Waals surface area (Å²) < 4.78 is 0. The van der Waals surface area contributed by atoms with Crippen LogP contribution in [0, 0.1) is 5.92 Å². The van der Waals surface area contributed by atoms with Crippen LogP contribution in [0.25, 0.3) is 0 Å². The van der Waals surface area contributed by atoms with Crippen molar-refractivity contribution in [2.75, 3.05) is 6.54 Å². The van der Waals surface area contributed by atoms with Crippen molar-refractivity contribution in [1.82, 2.24) is 4.90 Å². The molecule has 0 spiro atoms. The van der Waals surface area contributed by atoms with Crippen molar-refractivity contribution in [3.05, 3.63) is 0 Å². The summed E-state index contributed by atoms with van der Waals surface area (Å²) in [5.74, 6) is 0.988. The summed E-state index contributed by atoms with van der Waals surface area (Å²) in [7, 11) is 0. The van der Waals surface area contributed by atoms with Crippen LogP contribution < -0.4 is 5.73 Å². The second-order valence-corrected chi connectivity index (χ2v) is 5.97. The van der Waals surface area contributed by atoms with Crippen LogP contribution in [0.3, 0.4) is 0 Å². The zero-order chi connectivity index (χ0) is 11.5. The minimum atomic E-state index is 0.455. The molecule has 1 heterocycles. The second kappa shape index (κ2) is 5.50. The fraction of sp³-hybridized carbons (Fsp3) is 1.00. The van der Waals surface area contributed by atoms with Gasteiger partial charge in [-0.05, 0) is 38.5 Å². The van der Waals surface area contributed by atoms with E-state index in [1.807, 2.05) is 0 Å². The molecule has 0 aromatic heterocycles. The molecule has 0 amide bonds. The Labute approximate surface area is 101 Å². The van der Waals surface area contributed by atoms with E-state index in [0.717, 1.165) is 12.0 Å². The van der Waals surface area contributed by atoms with Gasteiger partial charge in [-0.1, -0.05) is 26.2 Å². The van der Waals surface area contributed by atoms with Crippen LogP contribution in [0.4, 0.5) is 0 Å². The van der Waals surface area contributed by atoms with E-state index < -0.39 is 0 Å². The van der Waals surface area contributed by atoms with Crippen molar-refractivity contribution in [1.29, 1.82) is 0 Å². The summed E-state index contributed by atoms with van der Waals surface area (Å²) in [5, 5.41) is 0. The molecule has 2 heteroatoms. The fourth-order valence-electron chi connectivity index (χ4n) is 3.70. The predicted molar refractivity (Wildman–Crippen MR) is 69.4 cm³/mol. The summed E-state index contributed by atoms with van der Waals surface area (Å²) in [6.07, 6.45) is 9.56. The maximum atomic E-state index is 6.04. The Morgan fingerprint density at radius 1 is 1.19 bits per heavy atom. The highest BCUT2D eigenvalue weighted by atomic mass is 15.2. The first kappa shape index (κ1) is 12.4. The summed E-state index contributed by atoms with van der Waals surface area (Å²) in [6, 6.07) is 2.03. The largest absolute Gasteiger partial charge is 0.328 e. The molecule has 2 N–H and O–H groups in total. The van der Waals surface area contributed by atoms with Gasteiger partial charge in [0, 0.05) is 24.7 Å². The monoisotopic (exact) mass is 224 g/mol. The minimum absolute atomic E-state index is 0.455. The van der Waals surface area contributed by atoms with E-state index in [9.17, 15) is 0 Å². The van der Waals surface area contributed by atoms with Gasteiger partial charge in [0.05, 0.1) is 0 Å². The van der Waals surface area contributed by atoms with E-state index in [1.54, 1.807) is 0 Å². The van der Waals surface area contributed by atoms with Gasteiger partial charge in [-0.2, -0.15) is 0 Å². The molecule has 94 valence electrons. The van der Waals surface area contributed by atoms with Gasteiger partial charge in [0.1, 0.15) is 0 Å². The lowest BCUT2D eigenvalue weighted by molar-refractivity contribution is 0.0594. The molecule has 4 unspecified atom stereocenters. The molecule has 1 aliphatic heterocycles. The third kappa shape index (κ3) is 2.78. The highest BCUT2D eigenvalue weighted by molar-refractivity contribution is 4.88. The number of nitrogens with zero attached hydrogens (tertiary/aromatic N) is 1. The molecule has 4 atom stereocenters. The molecule has 0 radical (unpaired) electrons. The molecule has 2 fully saturated rings. The maximum absolute atomic E-state index is 6.04. The topological polar surface area (TPSA) is 29.3 Å². The first-order valence-electron chi connectivity index (χ1n) is 7.22. The highest BCUT2D eigenvalue weighted by Crippen LogP contribution is 2.32.